The number of amidine groups is 1. The molecule has 1 aromatic carbocycles. The second-order valence-corrected chi connectivity index (χ2v) is 6.01. The molecule has 0 atom stereocenters. The van der Waals surface area contributed by atoms with Crippen LogP contribution >= 0.6 is 0 Å². The Hall–Kier alpha value is -3.23. The number of halogens is 2. The van der Waals surface area contributed by atoms with E-state index in [-0.39, 0.29) is 29.4 Å². The molecule has 0 saturated heterocycles. The van der Waals surface area contributed by atoms with Gasteiger partial charge in [0.25, 0.3) is 0 Å². The summed E-state index contributed by atoms with van der Waals surface area (Å²) in [5.74, 6) is -2.25. The summed E-state index contributed by atoms with van der Waals surface area (Å²) in [7, 11) is 1.60. The van der Waals surface area contributed by atoms with E-state index in [9.17, 15) is 13.6 Å². The summed E-state index contributed by atoms with van der Waals surface area (Å²) in [5.41, 5.74) is 6.36. The zero-order chi connectivity index (χ0) is 20.1. The molecule has 0 spiro atoms. The number of allylic oxidation sites excluding steroid dienone is 1. The summed E-state index contributed by atoms with van der Waals surface area (Å²) in [6.45, 7) is 1.95. The molecule has 1 aromatic rings. The number of hydrogen-bond donors (Lipinski definition) is 5. The number of nitrogens with one attached hydrogen (secondary N) is 4. The average molecular weight is 376 g/mol. The van der Waals surface area contributed by atoms with Gasteiger partial charge in [-0.2, -0.15) is 0 Å². The van der Waals surface area contributed by atoms with Gasteiger partial charge >= 0.3 is 0 Å². The summed E-state index contributed by atoms with van der Waals surface area (Å²) in [6.07, 6.45) is 2.73. The molecule has 0 aromatic heterocycles. The summed E-state index contributed by atoms with van der Waals surface area (Å²) in [5, 5.41) is 20.7. The minimum Gasteiger partial charge on any atom is -0.402 e. The molecule has 0 bridgehead atoms. The topological polar surface area (TPSA) is 118 Å². The number of nitrogens with two attached hydrogens (primary N) is 1. The Morgan fingerprint density at radius 2 is 2.07 bits per heavy atom. The zero-order valence-electron chi connectivity index (χ0n) is 15.1. The van der Waals surface area contributed by atoms with Crippen LogP contribution in [0.4, 0.5) is 14.5 Å². The summed E-state index contributed by atoms with van der Waals surface area (Å²) < 4.78 is 29.1. The fourth-order valence-corrected chi connectivity index (χ4v) is 2.73. The number of carbonyl (C=O) groups excluding carboxylic acids is 1. The van der Waals surface area contributed by atoms with Crippen molar-refractivity contribution in [2.75, 3.05) is 25.5 Å². The van der Waals surface area contributed by atoms with Crippen molar-refractivity contribution in [2.45, 2.75) is 13.3 Å². The van der Waals surface area contributed by atoms with Crippen LogP contribution in [0.25, 0.3) is 5.57 Å². The highest BCUT2D eigenvalue weighted by Gasteiger charge is 2.24. The van der Waals surface area contributed by atoms with Gasteiger partial charge in [0.1, 0.15) is 17.3 Å². The van der Waals surface area contributed by atoms with E-state index in [2.05, 4.69) is 10.6 Å². The van der Waals surface area contributed by atoms with Crippen molar-refractivity contribution < 1.29 is 13.6 Å². The van der Waals surface area contributed by atoms with E-state index in [1.807, 2.05) is 0 Å². The third-order valence-corrected chi connectivity index (χ3v) is 4.24. The first-order chi connectivity index (χ1) is 12.8. The molecule has 27 heavy (non-hydrogen) atoms. The van der Waals surface area contributed by atoms with Crippen molar-refractivity contribution in [3.63, 3.8) is 0 Å². The van der Waals surface area contributed by atoms with Gasteiger partial charge in [0.05, 0.1) is 6.54 Å². The van der Waals surface area contributed by atoms with Gasteiger partial charge in [0.2, 0.25) is 5.91 Å². The third kappa shape index (κ3) is 4.30. The molecular formula is C18H22F2N6O. The summed E-state index contributed by atoms with van der Waals surface area (Å²) in [6, 6.07) is 2.28. The van der Waals surface area contributed by atoms with Gasteiger partial charge in [-0.1, -0.05) is 0 Å². The maximum atomic E-state index is 14.8. The van der Waals surface area contributed by atoms with E-state index in [4.69, 9.17) is 16.6 Å². The molecule has 0 fully saturated rings. The lowest BCUT2D eigenvalue weighted by Crippen LogP contribution is -2.40. The van der Waals surface area contributed by atoms with Crippen LogP contribution in [-0.2, 0) is 4.79 Å². The van der Waals surface area contributed by atoms with Crippen LogP contribution < -0.4 is 16.4 Å². The summed E-state index contributed by atoms with van der Waals surface area (Å²) in [4.78, 5) is 13.1. The largest absolute Gasteiger partial charge is 0.402 e. The maximum absolute atomic E-state index is 14.8. The lowest BCUT2D eigenvalue weighted by molar-refractivity contribution is -0.128. The molecule has 1 aliphatic rings. The van der Waals surface area contributed by atoms with Crippen molar-refractivity contribution in [3.05, 3.63) is 46.8 Å². The van der Waals surface area contributed by atoms with E-state index in [0.29, 0.717) is 24.2 Å². The van der Waals surface area contributed by atoms with Crippen molar-refractivity contribution in [1.29, 1.82) is 10.8 Å². The molecule has 1 aliphatic heterocycles. The van der Waals surface area contributed by atoms with Crippen LogP contribution in [0.3, 0.4) is 0 Å². The Balaban J connectivity index is 2.37. The molecule has 6 N–H and O–H groups in total. The van der Waals surface area contributed by atoms with E-state index in [1.54, 1.807) is 7.05 Å². The quantitative estimate of drug-likeness (QED) is 0.399. The minimum atomic E-state index is -0.928. The minimum absolute atomic E-state index is 0.00649. The number of carbonyl (C=O) groups is 1. The second-order valence-electron chi connectivity index (χ2n) is 6.01. The third-order valence-electron chi connectivity index (χ3n) is 4.24. The fourth-order valence-electron chi connectivity index (χ4n) is 2.73. The number of benzene rings is 1. The molecule has 0 saturated carbocycles. The van der Waals surface area contributed by atoms with Gasteiger partial charge < -0.3 is 26.7 Å². The molecule has 2 rings (SSSR count). The number of nitrogens with zero attached hydrogens (tertiary/aromatic N) is 1. The van der Waals surface area contributed by atoms with Crippen LogP contribution in [0.5, 0.6) is 0 Å². The number of rotatable bonds is 5. The lowest BCUT2D eigenvalue weighted by Gasteiger charge is -2.29. The predicted octanol–water partition coefficient (Wildman–Crippen LogP) is 2.03. The molecule has 1 heterocycles. The average Bonchev–Trinajstić information content (AvgIpc) is 2.63. The van der Waals surface area contributed by atoms with Gasteiger partial charge in [-0.05, 0) is 12.1 Å². The molecular weight excluding hydrogens is 354 g/mol. The number of amides is 1. The fraction of sp³-hybridized carbons (Fsp3) is 0.278. The molecule has 0 aliphatic carbocycles. The first-order valence-electron chi connectivity index (χ1n) is 8.25. The Morgan fingerprint density at radius 1 is 1.37 bits per heavy atom. The predicted molar refractivity (Wildman–Crippen MR) is 102 cm³/mol. The molecule has 144 valence electrons. The second kappa shape index (κ2) is 8.43. The smallest absolute Gasteiger partial charge is 0.219 e. The van der Waals surface area contributed by atoms with Gasteiger partial charge in [-0.3, -0.25) is 10.2 Å². The highest BCUT2D eigenvalue weighted by atomic mass is 19.1. The Kier molecular flexibility index (Phi) is 6.27. The van der Waals surface area contributed by atoms with E-state index >= 15 is 0 Å². The van der Waals surface area contributed by atoms with Crippen LogP contribution in [-0.4, -0.2) is 43.0 Å². The summed E-state index contributed by atoms with van der Waals surface area (Å²) >= 11 is 0. The molecule has 0 unspecified atom stereocenters. The normalized spacial score (nSPS) is 14.8. The van der Waals surface area contributed by atoms with Crippen molar-refractivity contribution in [1.82, 2.24) is 10.2 Å². The van der Waals surface area contributed by atoms with Crippen molar-refractivity contribution in [2.24, 2.45) is 5.73 Å². The van der Waals surface area contributed by atoms with E-state index in [1.165, 1.54) is 24.1 Å². The Bertz CT molecular complexity index is 846. The van der Waals surface area contributed by atoms with Gasteiger partial charge in [-0.25, -0.2) is 8.78 Å². The van der Waals surface area contributed by atoms with Gasteiger partial charge in [-0.15, -0.1) is 0 Å². The van der Waals surface area contributed by atoms with Crippen LogP contribution in [0.1, 0.15) is 18.9 Å². The Labute approximate surface area is 155 Å². The zero-order valence-corrected chi connectivity index (χ0v) is 15.1. The number of hydrogen-bond acceptors (Lipinski definition) is 5. The van der Waals surface area contributed by atoms with Crippen LogP contribution in [0.15, 0.2) is 29.6 Å². The Morgan fingerprint density at radius 3 is 2.67 bits per heavy atom. The molecule has 9 heteroatoms. The van der Waals surface area contributed by atoms with E-state index < -0.39 is 17.3 Å². The van der Waals surface area contributed by atoms with Gasteiger partial charge in [0.15, 0.2) is 5.82 Å². The standard InChI is InChI=1S/C18H22F2N6O/c1-10(27)26-6-5-15(22)13(9-26)18(23)25-17-14(19)4-3-12(16(17)20)11(7-21)8-24-2/h3-4,7-8,21,24H,5-6,9,22H2,1-2H3,(H2,23,25)/b11-8+,21-7?. The molecule has 0 radical (unpaired) electrons. The van der Waals surface area contributed by atoms with E-state index in [0.717, 1.165) is 12.3 Å². The highest BCUT2D eigenvalue weighted by molar-refractivity contribution is 6.10. The highest BCUT2D eigenvalue weighted by Crippen LogP contribution is 2.27. The maximum Gasteiger partial charge on any atom is 0.219 e. The monoisotopic (exact) mass is 376 g/mol. The van der Waals surface area contributed by atoms with Gasteiger partial charge in [0, 0.05) is 61.8 Å². The van der Waals surface area contributed by atoms with Crippen molar-refractivity contribution >= 4 is 29.2 Å². The van der Waals surface area contributed by atoms with Crippen molar-refractivity contribution in [3.8, 4) is 0 Å². The molecule has 1 amide bonds. The molecule has 7 nitrogen and oxygen atoms in total. The first-order valence-corrected chi connectivity index (χ1v) is 8.25. The lowest BCUT2D eigenvalue weighted by atomic mass is 10.0. The van der Waals surface area contributed by atoms with Crippen LogP contribution in [0, 0.1) is 22.5 Å². The number of anilines is 1. The van der Waals surface area contributed by atoms with Crippen LogP contribution in [0.2, 0.25) is 0 Å². The first kappa shape index (κ1) is 20.1. The SMILES string of the molecule is CN/C=C(\C=N)c1ccc(F)c(NC(=N)C2=C(N)CCN(C(C)=O)C2)c1F.